The number of rotatable bonds is 1. The molecule has 0 amide bonds. The van der Waals surface area contributed by atoms with Gasteiger partial charge in [-0.3, -0.25) is 0 Å². The van der Waals surface area contributed by atoms with Gasteiger partial charge in [-0.2, -0.15) is 0 Å². The first-order valence-corrected chi connectivity index (χ1v) is 2.03. The quantitative estimate of drug-likeness (QED) is 0.349. The van der Waals surface area contributed by atoms with Gasteiger partial charge >= 0.3 is 35.5 Å². The van der Waals surface area contributed by atoms with Gasteiger partial charge in [-0.25, -0.2) is 4.79 Å². The molecule has 0 fully saturated rings. The molecule has 0 atom stereocenters. The Kier molecular flexibility index (Phi) is 8.11. The number of carboxylic acids is 1. The van der Waals surface area contributed by atoms with Crippen LogP contribution in [0, 0.1) is 0 Å². The predicted molar refractivity (Wildman–Crippen MR) is 24.2 cm³/mol. The smallest absolute Gasteiger partial charge is 1.00 e. The normalized spacial score (nSPS) is 7.86. The van der Waals surface area contributed by atoms with Gasteiger partial charge in [-0.15, -0.1) is 0 Å². The fourth-order valence-corrected chi connectivity index (χ4v) is 0. The minimum Gasteiger partial charge on any atom is -1.00 e. The van der Waals surface area contributed by atoms with E-state index in [9.17, 15) is 4.79 Å². The summed E-state index contributed by atoms with van der Waals surface area (Å²) in [6.07, 6.45) is 0. The maximum Gasteiger partial charge on any atom is 1.00 e. The molecule has 0 unspecified atom stereocenters. The van der Waals surface area contributed by atoms with Crippen LogP contribution in [-0.4, -0.2) is 15.9 Å². The number of halogens is 2. The SMILES string of the molecule is O=C(O)C(Cl)Cl.[H-].[Na+]. The van der Waals surface area contributed by atoms with Crippen LogP contribution in [0.1, 0.15) is 1.43 Å². The molecule has 2 nitrogen and oxygen atoms in total. The van der Waals surface area contributed by atoms with E-state index < -0.39 is 10.8 Å². The van der Waals surface area contributed by atoms with Crippen LogP contribution in [0.25, 0.3) is 0 Å². The second-order valence-corrected chi connectivity index (χ2v) is 1.74. The van der Waals surface area contributed by atoms with Crippen molar-refractivity contribution in [2.45, 2.75) is 4.84 Å². The summed E-state index contributed by atoms with van der Waals surface area (Å²) >= 11 is 9.56. The Labute approximate surface area is 74.6 Å². The second kappa shape index (κ2) is 5.19. The van der Waals surface area contributed by atoms with Crippen LogP contribution in [-0.2, 0) is 4.79 Å². The molecule has 0 rings (SSSR count). The Bertz CT molecular complexity index is 69.1. The Hall–Kier alpha value is 1.05. The molecule has 0 aliphatic heterocycles. The van der Waals surface area contributed by atoms with Gasteiger partial charge in [0.1, 0.15) is 0 Å². The molecule has 7 heavy (non-hydrogen) atoms. The largest absolute Gasteiger partial charge is 1.00 e. The van der Waals surface area contributed by atoms with Crippen LogP contribution >= 0.6 is 23.2 Å². The van der Waals surface area contributed by atoms with Crippen molar-refractivity contribution in [1.82, 2.24) is 0 Å². The minimum atomic E-state index is -1.29. The summed E-state index contributed by atoms with van der Waals surface area (Å²) < 4.78 is 0. The van der Waals surface area contributed by atoms with Crippen LogP contribution in [0.4, 0.5) is 0 Å². The molecule has 0 aromatic heterocycles. The molecule has 0 aliphatic rings. The van der Waals surface area contributed by atoms with Crippen molar-refractivity contribution >= 4 is 29.2 Å². The van der Waals surface area contributed by atoms with Crippen molar-refractivity contribution in [2.24, 2.45) is 0 Å². The summed E-state index contributed by atoms with van der Waals surface area (Å²) in [6.45, 7) is 0. The number of carbonyl (C=O) groups is 1. The number of carboxylic acid groups (broad SMARTS) is 1. The summed E-state index contributed by atoms with van der Waals surface area (Å²) in [5.74, 6) is -1.21. The van der Waals surface area contributed by atoms with Crippen molar-refractivity contribution in [3.05, 3.63) is 0 Å². The van der Waals surface area contributed by atoms with Crippen LogP contribution in [0.3, 0.4) is 0 Å². The van der Waals surface area contributed by atoms with Crippen molar-refractivity contribution in [1.29, 1.82) is 0 Å². The van der Waals surface area contributed by atoms with Gasteiger partial charge in [-0.05, 0) is 0 Å². The molecule has 0 aromatic carbocycles. The van der Waals surface area contributed by atoms with Crippen LogP contribution in [0.2, 0.25) is 0 Å². The van der Waals surface area contributed by atoms with Crippen LogP contribution in [0.15, 0.2) is 0 Å². The Morgan fingerprint density at radius 1 is 1.71 bits per heavy atom. The van der Waals surface area contributed by atoms with E-state index in [1.165, 1.54) is 0 Å². The zero-order valence-corrected chi connectivity index (χ0v) is 7.20. The summed E-state index contributed by atoms with van der Waals surface area (Å²) in [4.78, 5) is 8.15. The summed E-state index contributed by atoms with van der Waals surface area (Å²) in [5, 5.41) is 7.73. The van der Waals surface area contributed by atoms with E-state index in [4.69, 9.17) is 28.3 Å². The fourth-order valence-electron chi connectivity index (χ4n) is 0. The summed E-state index contributed by atoms with van der Waals surface area (Å²) in [5.41, 5.74) is 0. The second-order valence-electron chi connectivity index (χ2n) is 0.639. The molecule has 0 radical (unpaired) electrons. The van der Waals surface area contributed by atoms with Gasteiger partial charge in [0.2, 0.25) is 4.84 Å². The van der Waals surface area contributed by atoms with E-state index in [0.717, 1.165) is 0 Å². The first kappa shape index (κ1) is 10.9. The number of hydrogen-bond donors (Lipinski definition) is 1. The first-order valence-electron chi connectivity index (χ1n) is 1.15. The van der Waals surface area contributed by atoms with Gasteiger partial charge in [0.15, 0.2) is 0 Å². The van der Waals surface area contributed by atoms with Gasteiger partial charge in [0.05, 0.1) is 0 Å². The molecule has 38 valence electrons. The molecule has 0 saturated carbocycles. The average Bonchev–Trinajstić information content (AvgIpc) is 1.36. The van der Waals surface area contributed by atoms with Crippen LogP contribution in [0.5, 0.6) is 0 Å². The minimum absolute atomic E-state index is 0. The molecule has 0 heterocycles. The van der Waals surface area contributed by atoms with Gasteiger partial charge < -0.3 is 6.53 Å². The molecule has 0 aromatic rings. The van der Waals surface area contributed by atoms with E-state index in [1.807, 2.05) is 0 Å². The number of hydrogen-bond acceptors (Lipinski definition) is 1. The van der Waals surface area contributed by atoms with Crippen LogP contribution < -0.4 is 29.6 Å². The monoisotopic (exact) mass is 152 g/mol. The van der Waals surface area contributed by atoms with Gasteiger partial charge in [0.25, 0.3) is 0 Å². The zero-order valence-electron chi connectivity index (χ0n) is 4.69. The maximum atomic E-state index is 9.44. The third-order valence-corrected chi connectivity index (χ3v) is 0.560. The first-order chi connectivity index (χ1) is 2.64. The van der Waals surface area contributed by atoms with Gasteiger partial charge in [-0.1, -0.05) is 23.2 Å². The van der Waals surface area contributed by atoms with Crippen molar-refractivity contribution in [3.8, 4) is 0 Å². The maximum absolute atomic E-state index is 9.44. The number of alkyl halides is 2. The van der Waals surface area contributed by atoms with Crippen molar-refractivity contribution in [2.75, 3.05) is 0 Å². The molecular weight excluding hydrogens is 150 g/mol. The summed E-state index contributed by atoms with van der Waals surface area (Å²) in [7, 11) is 0. The Balaban J connectivity index is -0.000000125. The molecule has 0 aliphatic carbocycles. The standard InChI is InChI=1S/C2H2Cl2O2.Na.H/c3-1(4)2(5)6;;/h1H,(H,5,6);;/q;+1;-1. The average molecular weight is 153 g/mol. The van der Waals surface area contributed by atoms with Gasteiger partial charge in [0, 0.05) is 0 Å². The molecule has 5 heteroatoms. The van der Waals surface area contributed by atoms with Crippen molar-refractivity contribution in [3.63, 3.8) is 0 Å². The topological polar surface area (TPSA) is 37.3 Å². The third-order valence-electron chi connectivity index (χ3n) is 0.187. The molecular formula is C2H3Cl2NaO2. The molecule has 0 bridgehead atoms. The molecule has 0 spiro atoms. The van der Waals surface area contributed by atoms with E-state index in [0.29, 0.717) is 0 Å². The van der Waals surface area contributed by atoms with E-state index in [1.54, 1.807) is 0 Å². The molecule has 1 N–H and O–H groups in total. The Morgan fingerprint density at radius 2 is 1.86 bits per heavy atom. The van der Waals surface area contributed by atoms with E-state index in [2.05, 4.69) is 0 Å². The molecule has 0 saturated heterocycles. The fraction of sp³-hybridized carbons (Fsp3) is 0.500. The zero-order chi connectivity index (χ0) is 5.15. The summed E-state index contributed by atoms with van der Waals surface area (Å²) in [6, 6.07) is 0. The Morgan fingerprint density at radius 3 is 1.86 bits per heavy atom. The van der Waals surface area contributed by atoms with E-state index in [-0.39, 0.29) is 31.0 Å². The van der Waals surface area contributed by atoms with Crippen molar-refractivity contribution < 1.29 is 40.9 Å². The predicted octanol–water partition coefficient (Wildman–Crippen LogP) is -2.01. The number of aliphatic carboxylic acids is 1. The third kappa shape index (κ3) is 7.05. The van der Waals surface area contributed by atoms with E-state index >= 15 is 0 Å².